The van der Waals surface area contributed by atoms with Crippen LogP contribution in [0.3, 0.4) is 0 Å². The van der Waals surface area contributed by atoms with Crippen molar-refractivity contribution in [3.63, 3.8) is 0 Å². The third kappa shape index (κ3) is 2.79. The van der Waals surface area contributed by atoms with Crippen molar-refractivity contribution in [3.8, 4) is 0 Å². The van der Waals surface area contributed by atoms with Gasteiger partial charge >= 0.3 is 0 Å². The summed E-state index contributed by atoms with van der Waals surface area (Å²) in [4.78, 5) is 0. The first kappa shape index (κ1) is 13.8. The molecule has 1 atom stereocenters. The number of fused-ring (bicyclic) bond motifs is 1. The second kappa shape index (κ2) is 5.67. The molecule has 0 saturated carbocycles. The van der Waals surface area contributed by atoms with E-state index in [2.05, 4.69) is 30.4 Å². The molecule has 104 valence electrons. The van der Waals surface area contributed by atoms with Gasteiger partial charge in [-0.2, -0.15) is 0 Å². The van der Waals surface area contributed by atoms with Crippen LogP contribution in [0.2, 0.25) is 10.0 Å². The quantitative estimate of drug-likeness (QED) is 0.772. The minimum atomic E-state index is 0.205. The van der Waals surface area contributed by atoms with Crippen LogP contribution in [0.4, 0.5) is 5.69 Å². The first-order chi connectivity index (χ1) is 9.63. The molecule has 2 aromatic carbocycles. The molecule has 1 aliphatic rings. The summed E-state index contributed by atoms with van der Waals surface area (Å²) in [5.41, 5.74) is 5.17. The molecular formula is C17H17Cl2N. The van der Waals surface area contributed by atoms with Gasteiger partial charge in [0.2, 0.25) is 0 Å². The zero-order valence-corrected chi connectivity index (χ0v) is 12.9. The Labute approximate surface area is 129 Å². The van der Waals surface area contributed by atoms with Crippen molar-refractivity contribution < 1.29 is 0 Å². The lowest BCUT2D eigenvalue weighted by atomic mass is 10.0. The van der Waals surface area contributed by atoms with Crippen molar-refractivity contribution >= 4 is 28.9 Å². The molecule has 0 amide bonds. The normalized spacial score (nSPS) is 14.9. The van der Waals surface area contributed by atoms with Gasteiger partial charge in [0.25, 0.3) is 0 Å². The highest BCUT2D eigenvalue weighted by Gasteiger charge is 2.14. The molecule has 3 rings (SSSR count). The van der Waals surface area contributed by atoms with Crippen molar-refractivity contribution in [2.24, 2.45) is 0 Å². The molecule has 3 heteroatoms. The molecule has 0 aromatic heterocycles. The van der Waals surface area contributed by atoms with Crippen molar-refractivity contribution in [2.45, 2.75) is 32.2 Å². The van der Waals surface area contributed by atoms with Gasteiger partial charge in [0, 0.05) is 11.1 Å². The number of hydrogen-bond acceptors (Lipinski definition) is 1. The lowest BCUT2D eigenvalue weighted by molar-refractivity contribution is 0.879. The van der Waals surface area contributed by atoms with E-state index in [0.717, 1.165) is 5.69 Å². The van der Waals surface area contributed by atoms with E-state index >= 15 is 0 Å². The third-order valence-electron chi connectivity index (χ3n) is 3.92. The van der Waals surface area contributed by atoms with Crippen molar-refractivity contribution in [3.05, 3.63) is 63.1 Å². The number of rotatable bonds is 3. The molecule has 0 aliphatic heterocycles. The zero-order valence-electron chi connectivity index (χ0n) is 11.4. The molecule has 1 aliphatic carbocycles. The molecule has 0 heterocycles. The first-order valence-electron chi connectivity index (χ1n) is 6.97. The molecule has 1 N–H and O–H groups in total. The van der Waals surface area contributed by atoms with Gasteiger partial charge in [0.1, 0.15) is 0 Å². The minimum Gasteiger partial charge on any atom is -0.377 e. The number of halogens is 2. The number of anilines is 1. The standard InChI is InChI=1S/C17H17Cl2N/c1-11(20-17-10-15(18)7-8-16(17)19)13-6-5-12-3-2-4-14(12)9-13/h5-11,20H,2-4H2,1H3. The van der Waals surface area contributed by atoms with Crippen LogP contribution in [0.5, 0.6) is 0 Å². The summed E-state index contributed by atoms with van der Waals surface area (Å²) in [6.07, 6.45) is 3.70. The van der Waals surface area contributed by atoms with Gasteiger partial charge in [0.15, 0.2) is 0 Å². The Balaban J connectivity index is 1.82. The van der Waals surface area contributed by atoms with E-state index in [1.807, 2.05) is 12.1 Å². The molecular weight excluding hydrogens is 289 g/mol. The minimum absolute atomic E-state index is 0.205. The zero-order chi connectivity index (χ0) is 14.1. The summed E-state index contributed by atoms with van der Waals surface area (Å²) >= 11 is 12.2. The van der Waals surface area contributed by atoms with Gasteiger partial charge in [-0.15, -0.1) is 0 Å². The Morgan fingerprint density at radius 3 is 2.65 bits per heavy atom. The lowest BCUT2D eigenvalue weighted by Crippen LogP contribution is -2.07. The predicted octanol–water partition coefficient (Wildman–Crippen LogP) is 5.66. The fourth-order valence-electron chi connectivity index (χ4n) is 2.79. The Bertz CT molecular complexity index is 637. The molecule has 0 radical (unpaired) electrons. The first-order valence-corrected chi connectivity index (χ1v) is 7.72. The summed E-state index contributed by atoms with van der Waals surface area (Å²) < 4.78 is 0. The van der Waals surface area contributed by atoms with Crippen LogP contribution in [-0.4, -0.2) is 0 Å². The van der Waals surface area contributed by atoms with E-state index in [0.29, 0.717) is 10.0 Å². The van der Waals surface area contributed by atoms with Crippen LogP contribution >= 0.6 is 23.2 Å². The van der Waals surface area contributed by atoms with Gasteiger partial charge in [0.05, 0.1) is 10.7 Å². The summed E-state index contributed by atoms with van der Waals surface area (Å²) in [5.74, 6) is 0. The maximum atomic E-state index is 6.20. The molecule has 2 aromatic rings. The molecule has 1 unspecified atom stereocenters. The van der Waals surface area contributed by atoms with E-state index in [1.165, 1.54) is 36.0 Å². The fourth-order valence-corrected chi connectivity index (χ4v) is 3.13. The van der Waals surface area contributed by atoms with E-state index < -0.39 is 0 Å². The molecule has 0 fully saturated rings. The maximum absolute atomic E-state index is 6.20. The van der Waals surface area contributed by atoms with E-state index in [4.69, 9.17) is 23.2 Å². The van der Waals surface area contributed by atoms with Crippen LogP contribution in [-0.2, 0) is 12.8 Å². The smallest absolute Gasteiger partial charge is 0.0638 e. The predicted molar refractivity (Wildman–Crippen MR) is 87.0 cm³/mol. The van der Waals surface area contributed by atoms with E-state index in [-0.39, 0.29) is 6.04 Å². The van der Waals surface area contributed by atoms with Gasteiger partial charge in [-0.1, -0.05) is 41.4 Å². The summed E-state index contributed by atoms with van der Waals surface area (Å²) in [6.45, 7) is 2.15. The van der Waals surface area contributed by atoms with Crippen LogP contribution in [0.15, 0.2) is 36.4 Å². The summed E-state index contributed by atoms with van der Waals surface area (Å²) in [6, 6.07) is 12.5. The Morgan fingerprint density at radius 1 is 1.00 bits per heavy atom. The fraction of sp³-hybridized carbons (Fsp3) is 0.294. The highest BCUT2D eigenvalue weighted by Crippen LogP contribution is 2.30. The number of benzene rings is 2. The van der Waals surface area contributed by atoms with E-state index in [1.54, 1.807) is 6.07 Å². The highest BCUT2D eigenvalue weighted by molar-refractivity contribution is 6.35. The van der Waals surface area contributed by atoms with Gasteiger partial charge < -0.3 is 5.32 Å². The molecule has 1 nitrogen and oxygen atoms in total. The van der Waals surface area contributed by atoms with Crippen molar-refractivity contribution in [2.75, 3.05) is 5.32 Å². The van der Waals surface area contributed by atoms with Crippen molar-refractivity contribution in [1.82, 2.24) is 0 Å². The summed E-state index contributed by atoms with van der Waals surface area (Å²) in [7, 11) is 0. The van der Waals surface area contributed by atoms with Gasteiger partial charge in [-0.3, -0.25) is 0 Å². The number of aryl methyl sites for hydroxylation is 2. The second-order valence-electron chi connectivity index (χ2n) is 5.37. The van der Waals surface area contributed by atoms with Gasteiger partial charge in [-0.25, -0.2) is 0 Å². The lowest BCUT2D eigenvalue weighted by Gasteiger charge is -2.18. The molecule has 0 saturated heterocycles. The van der Waals surface area contributed by atoms with Crippen LogP contribution in [0.25, 0.3) is 0 Å². The summed E-state index contributed by atoms with van der Waals surface area (Å²) in [5, 5.41) is 4.83. The number of nitrogens with one attached hydrogen (secondary N) is 1. The Morgan fingerprint density at radius 2 is 1.80 bits per heavy atom. The second-order valence-corrected chi connectivity index (χ2v) is 6.22. The molecule has 0 spiro atoms. The molecule has 0 bridgehead atoms. The third-order valence-corrected chi connectivity index (χ3v) is 4.49. The van der Waals surface area contributed by atoms with E-state index in [9.17, 15) is 0 Å². The largest absolute Gasteiger partial charge is 0.377 e. The maximum Gasteiger partial charge on any atom is 0.0638 e. The number of hydrogen-bond donors (Lipinski definition) is 1. The van der Waals surface area contributed by atoms with Crippen LogP contribution in [0.1, 0.15) is 36.1 Å². The van der Waals surface area contributed by atoms with Gasteiger partial charge in [-0.05, 0) is 61.1 Å². The SMILES string of the molecule is CC(Nc1cc(Cl)ccc1Cl)c1ccc2c(c1)CCC2. The highest BCUT2D eigenvalue weighted by atomic mass is 35.5. The van der Waals surface area contributed by atoms with Crippen LogP contribution in [0, 0.1) is 0 Å². The topological polar surface area (TPSA) is 12.0 Å². The average molecular weight is 306 g/mol. The average Bonchev–Trinajstić information content (AvgIpc) is 2.90. The Hall–Kier alpha value is -1.18. The van der Waals surface area contributed by atoms with Crippen molar-refractivity contribution in [1.29, 1.82) is 0 Å². The van der Waals surface area contributed by atoms with Crippen LogP contribution < -0.4 is 5.32 Å². The molecule has 20 heavy (non-hydrogen) atoms. The monoisotopic (exact) mass is 305 g/mol. The Kier molecular flexibility index (Phi) is 3.91.